The number of hydrogen-bond acceptors (Lipinski definition) is 4. The van der Waals surface area contributed by atoms with Gasteiger partial charge in [-0.25, -0.2) is 4.79 Å². The van der Waals surface area contributed by atoms with Gasteiger partial charge in [-0.1, -0.05) is 0 Å². The zero-order valence-electron chi connectivity index (χ0n) is 11.1. The summed E-state index contributed by atoms with van der Waals surface area (Å²) in [6.07, 6.45) is 0.587. The molecule has 0 saturated carbocycles. The van der Waals surface area contributed by atoms with Gasteiger partial charge in [0.05, 0.1) is 6.61 Å². The van der Waals surface area contributed by atoms with Crippen LogP contribution in [0.3, 0.4) is 0 Å². The first-order valence-electron chi connectivity index (χ1n) is 6.42. The van der Waals surface area contributed by atoms with Crippen LogP contribution in [0, 0.1) is 0 Å². The third-order valence-electron chi connectivity index (χ3n) is 3.24. The summed E-state index contributed by atoms with van der Waals surface area (Å²) >= 11 is 0. The van der Waals surface area contributed by atoms with Crippen molar-refractivity contribution in [3.05, 3.63) is 0 Å². The van der Waals surface area contributed by atoms with Crippen LogP contribution in [0.15, 0.2) is 0 Å². The fourth-order valence-electron chi connectivity index (χ4n) is 2.07. The van der Waals surface area contributed by atoms with Crippen molar-refractivity contribution >= 4 is 12.1 Å². The fraction of sp³-hybridized carbons (Fsp3) is 0.833. The van der Waals surface area contributed by atoms with Crippen molar-refractivity contribution in [2.24, 2.45) is 0 Å². The maximum atomic E-state index is 11.5. The third-order valence-corrected chi connectivity index (χ3v) is 3.24. The van der Waals surface area contributed by atoms with Gasteiger partial charge < -0.3 is 14.7 Å². The molecular formula is C12H22N2O4. The minimum absolute atomic E-state index is 0.194. The minimum atomic E-state index is -0.757. The molecule has 104 valence electrons. The number of carbonyl (C=O) groups excluding carboxylic acids is 1. The van der Waals surface area contributed by atoms with Gasteiger partial charge in [0.25, 0.3) is 0 Å². The molecule has 1 heterocycles. The van der Waals surface area contributed by atoms with Gasteiger partial charge in [-0.15, -0.1) is 0 Å². The molecule has 18 heavy (non-hydrogen) atoms. The molecule has 0 aromatic rings. The quantitative estimate of drug-likeness (QED) is 0.797. The number of nitrogens with zero attached hydrogens (tertiary/aromatic N) is 2. The molecule has 1 N–H and O–H groups in total. The van der Waals surface area contributed by atoms with Crippen LogP contribution in [0.2, 0.25) is 0 Å². The lowest BCUT2D eigenvalue weighted by Gasteiger charge is -2.37. The smallest absolute Gasteiger partial charge is 0.409 e. The maximum Gasteiger partial charge on any atom is 0.409 e. The number of carboxylic acid groups (broad SMARTS) is 1. The zero-order chi connectivity index (χ0) is 13.5. The van der Waals surface area contributed by atoms with Crippen molar-refractivity contribution in [3.63, 3.8) is 0 Å². The van der Waals surface area contributed by atoms with Crippen molar-refractivity contribution in [1.29, 1.82) is 0 Å². The lowest BCUT2D eigenvalue weighted by Crippen LogP contribution is -2.51. The maximum absolute atomic E-state index is 11.5. The first-order valence-corrected chi connectivity index (χ1v) is 6.42. The van der Waals surface area contributed by atoms with Crippen molar-refractivity contribution in [3.8, 4) is 0 Å². The third kappa shape index (κ3) is 4.52. The van der Waals surface area contributed by atoms with Crippen molar-refractivity contribution < 1.29 is 19.4 Å². The second-order valence-electron chi connectivity index (χ2n) is 4.50. The predicted octanol–water partition coefficient (Wildman–Crippen LogP) is 1.01. The molecule has 1 unspecified atom stereocenters. The number of amides is 1. The van der Waals surface area contributed by atoms with Gasteiger partial charge in [0, 0.05) is 38.6 Å². The van der Waals surface area contributed by atoms with Crippen molar-refractivity contribution in [1.82, 2.24) is 9.80 Å². The fourth-order valence-corrected chi connectivity index (χ4v) is 2.07. The van der Waals surface area contributed by atoms with Crippen LogP contribution in [0.4, 0.5) is 4.79 Å². The van der Waals surface area contributed by atoms with Gasteiger partial charge in [-0.3, -0.25) is 9.69 Å². The van der Waals surface area contributed by atoms with E-state index in [1.807, 2.05) is 6.92 Å². The summed E-state index contributed by atoms with van der Waals surface area (Å²) in [7, 11) is 0. The molecule has 0 spiro atoms. The Balaban J connectivity index is 2.30. The van der Waals surface area contributed by atoms with Gasteiger partial charge >= 0.3 is 12.1 Å². The Morgan fingerprint density at radius 3 is 2.39 bits per heavy atom. The topological polar surface area (TPSA) is 70.1 Å². The Kier molecular flexibility index (Phi) is 5.91. The highest BCUT2D eigenvalue weighted by atomic mass is 16.6. The number of aliphatic carboxylic acids is 1. The summed E-state index contributed by atoms with van der Waals surface area (Å²) in [6.45, 7) is 7.07. The summed E-state index contributed by atoms with van der Waals surface area (Å²) in [5, 5.41) is 8.65. The van der Waals surface area contributed by atoms with Crippen LogP contribution in [0.25, 0.3) is 0 Å². The average molecular weight is 258 g/mol. The van der Waals surface area contributed by atoms with E-state index in [2.05, 4.69) is 4.90 Å². The summed E-state index contributed by atoms with van der Waals surface area (Å²) in [6, 6.07) is 0.241. The van der Waals surface area contributed by atoms with Crippen LogP contribution in [-0.4, -0.2) is 65.8 Å². The predicted molar refractivity (Wildman–Crippen MR) is 66.5 cm³/mol. The summed E-state index contributed by atoms with van der Waals surface area (Å²) < 4.78 is 4.95. The van der Waals surface area contributed by atoms with E-state index in [4.69, 9.17) is 9.84 Å². The monoisotopic (exact) mass is 258 g/mol. The van der Waals surface area contributed by atoms with Crippen molar-refractivity contribution in [2.45, 2.75) is 32.7 Å². The molecule has 0 bridgehead atoms. The number of carboxylic acids is 1. The van der Waals surface area contributed by atoms with E-state index < -0.39 is 5.97 Å². The second-order valence-corrected chi connectivity index (χ2v) is 4.50. The SMILES string of the molecule is CCOC(=O)N1CCN(C(C)CCC(=O)O)CC1. The highest BCUT2D eigenvalue weighted by molar-refractivity contribution is 5.67. The average Bonchev–Trinajstić information content (AvgIpc) is 2.36. The van der Waals surface area contributed by atoms with Crippen LogP contribution < -0.4 is 0 Å². The first kappa shape index (κ1) is 14.8. The van der Waals surface area contributed by atoms with E-state index in [1.54, 1.807) is 11.8 Å². The van der Waals surface area contributed by atoms with Gasteiger partial charge in [0.15, 0.2) is 0 Å². The van der Waals surface area contributed by atoms with E-state index in [0.29, 0.717) is 26.1 Å². The minimum Gasteiger partial charge on any atom is -0.481 e. The van der Waals surface area contributed by atoms with Gasteiger partial charge in [0.1, 0.15) is 0 Å². The van der Waals surface area contributed by atoms with E-state index >= 15 is 0 Å². The summed E-state index contributed by atoms with van der Waals surface area (Å²) in [4.78, 5) is 25.9. The van der Waals surface area contributed by atoms with Crippen LogP contribution in [0.1, 0.15) is 26.7 Å². The first-order chi connectivity index (χ1) is 8.54. The Labute approximate surface area is 107 Å². The Morgan fingerprint density at radius 2 is 1.89 bits per heavy atom. The Hall–Kier alpha value is -1.30. The van der Waals surface area contributed by atoms with Crippen LogP contribution in [-0.2, 0) is 9.53 Å². The summed E-state index contributed by atoms with van der Waals surface area (Å²) in [5.74, 6) is -0.757. The molecule has 1 aliphatic heterocycles. The highest BCUT2D eigenvalue weighted by Crippen LogP contribution is 2.11. The molecule has 1 amide bonds. The second kappa shape index (κ2) is 7.20. The molecule has 1 rings (SSSR count). The molecular weight excluding hydrogens is 236 g/mol. The lowest BCUT2D eigenvalue weighted by molar-refractivity contribution is -0.137. The molecule has 1 aliphatic rings. The van der Waals surface area contributed by atoms with Gasteiger partial charge in [0.2, 0.25) is 0 Å². The van der Waals surface area contributed by atoms with E-state index in [0.717, 1.165) is 13.1 Å². The number of carbonyl (C=O) groups is 2. The largest absolute Gasteiger partial charge is 0.481 e. The Bertz CT molecular complexity index is 288. The molecule has 6 nitrogen and oxygen atoms in total. The molecule has 6 heteroatoms. The number of ether oxygens (including phenoxy) is 1. The standard InChI is InChI=1S/C12H22N2O4/c1-3-18-12(17)14-8-6-13(7-9-14)10(2)4-5-11(15)16/h10H,3-9H2,1-2H3,(H,15,16). The van der Waals surface area contributed by atoms with E-state index in [1.165, 1.54) is 0 Å². The lowest BCUT2D eigenvalue weighted by atomic mass is 10.1. The number of hydrogen-bond donors (Lipinski definition) is 1. The van der Waals surface area contributed by atoms with Crippen molar-refractivity contribution in [2.75, 3.05) is 32.8 Å². The molecule has 0 radical (unpaired) electrons. The van der Waals surface area contributed by atoms with Crippen LogP contribution in [0.5, 0.6) is 0 Å². The molecule has 1 saturated heterocycles. The summed E-state index contributed by atoms with van der Waals surface area (Å²) in [5.41, 5.74) is 0. The van der Waals surface area contributed by atoms with Crippen LogP contribution >= 0.6 is 0 Å². The van der Waals surface area contributed by atoms with Gasteiger partial charge in [-0.2, -0.15) is 0 Å². The van der Waals surface area contributed by atoms with Gasteiger partial charge in [-0.05, 0) is 20.3 Å². The van der Waals surface area contributed by atoms with E-state index in [9.17, 15) is 9.59 Å². The Morgan fingerprint density at radius 1 is 1.28 bits per heavy atom. The zero-order valence-corrected chi connectivity index (χ0v) is 11.1. The number of rotatable bonds is 5. The molecule has 1 atom stereocenters. The highest BCUT2D eigenvalue weighted by Gasteiger charge is 2.24. The molecule has 0 aromatic carbocycles. The normalized spacial score (nSPS) is 18.4. The van der Waals surface area contributed by atoms with E-state index in [-0.39, 0.29) is 18.6 Å². The molecule has 0 aliphatic carbocycles. The molecule has 1 fully saturated rings. The molecule has 0 aromatic heterocycles. The number of piperazine rings is 1.